The minimum atomic E-state index is 0.0696. The van der Waals surface area contributed by atoms with Gasteiger partial charge in [0.2, 0.25) is 0 Å². The number of nitrogens with zero attached hydrogens (tertiary/aromatic N) is 1. The number of likely N-dealkylation sites (N-methyl/N-ethyl adjacent to an activating group) is 1. The first kappa shape index (κ1) is 14.3. The van der Waals surface area contributed by atoms with E-state index in [0.717, 1.165) is 52.1 Å². The molecule has 18 heavy (non-hydrogen) atoms. The monoisotopic (exact) mass is 256 g/mol. The Bertz CT molecular complexity index is 262. The molecule has 0 spiro atoms. The summed E-state index contributed by atoms with van der Waals surface area (Å²) < 4.78 is 11.7. The molecule has 2 saturated heterocycles. The Hall–Kier alpha value is -0.160. The molecule has 2 aliphatic heterocycles. The van der Waals surface area contributed by atoms with Gasteiger partial charge in [-0.25, -0.2) is 0 Å². The van der Waals surface area contributed by atoms with Gasteiger partial charge in [-0.15, -0.1) is 0 Å². The van der Waals surface area contributed by atoms with Crippen LogP contribution in [-0.4, -0.2) is 62.5 Å². The number of hydrogen-bond donors (Lipinski definition) is 1. The number of rotatable bonds is 4. The van der Waals surface area contributed by atoms with Crippen molar-refractivity contribution >= 4 is 0 Å². The summed E-state index contributed by atoms with van der Waals surface area (Å²) in [5.74, 6) is 0. The minimum Gasteiger partial charge on any atom is -0.375 e. The topological polar surface area (TPSA) is 33.7 Å². The predicted octanol–water partition coefficient (Wildman–Crippen LogP) is 1.25. The Kier molecular flexibility index (Phi) is 5.01. The van der Waals surface area contributed by atoms with Gasteiger partial charge in [0.1, 0.15) is 0 Å². The Morgan fingerprint density at radius 3 is 2.94 bits per heavy atom. The van der Waals surface area contributed by atoms with E-state index < -0.39 is 0 Å². The van der Waals surface area contributed by atoms with Gasteiger partial charge in [0.15, 0.2) is 0 Å². The van der Waals surface area contributed by atoms with Crippen LogP contribution >= 0.6 is 0 Å². The second-order valence-corrected chi connectivity index (χ2v) is 6.00. The maximum Gasteiger partial charge on any atom is 0.0826 e. The number of nitrogens with one attached hydrogen (secondary N) is 1. The Morgan fingerprint density at radius 1 is 1.39 bits per heavy atom. The third-order valence-corrected chi connectivity index (χ3v) is 4.32. The van der Waals surface area contributed by atoms with Gasteiger partial charge in [-0.1, -0.05) is 6.92 Å². The first-order valence-corrected chi connectivity index (χ1v) is 7.29. The van der Waals surface area contributed by atoms with Crippen LogP contribution in [0, 0.1) is 0 Å². The van der Waals surface area contributed by atoms with Crippen LogP contribution in [0.2, 0.25) is 0 Å². The van der Waals surface area contributed by atoms with Gasteiger partial charge in [0.05, 0.1) is 18.3 Å². The van der Waals surface area contributed by atoms with Gasteiger partial charge in [-0.2, -0.15) is 0 Å². The molecule has 4 nitrogen and oxygen atoms in total. The lowest BCUT2D eigenvalue weighted by Crippen LogP contribution is -2.50. The van der Waals surface area contributed by atoms with E-state index in [0.29, 0.717) is 12.1 Å². The minimum absolute atomic E-state index is 0.0696. The highest BCUT2D eigenvalue weighted by Gasteiger charge is 2.31. The van der Waals surface area contributed by atoms with Gasteiger partial charge in [-0.05, 0) is 33.2 Å². The molecular formula is C14H28N2O2. The Labute approximate surface area is 111 Å². The van der Waals surface area contributed by atoms with Crippen molar-refractivity contribution in [2.24, 2.45) is 0 Å². The molecule has 0 saturated carbocycles. The van der Waals surface area contributed by atoms with Crippen molar-refractivity contribution < 1.29 is 9.47 Å². The smallest absolute Gasteiger partial charge is 0.0826 e. The number of ether oxygens (including phenoxy) is 2. The summed E-state index contributed by atoms with van der Waals surface area (Å²) in [4.78, 5) is 2.34. The van der Waals surface area contributed by atoms with Crippen LogP contribution in [0.4, 0.5) is 0 Å². The fourth-order valence-electron chi connectivity index (χ4n) is 2.84. The maximum atomic E-state index is 5.87. The van der Waals surface area contributed by atoms with Crippen molar-refractivity contribution in [3.8, 4) is 0 Å². The second-order valence-electron chi connectivity index (χ2n) is 6.00. The normalized spacial score (nSPS) is 38.8. The molecule has 0 aromatic heterocycles. The van der Waals surface area contributed by atoms with Crippen LogP contribution in [0.15, 0.2) is 0 Å². The first-order valence-electron chi connectivity index (χ1n) is 7.29. The summed E-state index contributed by atoms with van der Waals surface area (Å²) in [6.07, 6.45) is 3.68. The van der Waals surface area contributed by atoms with E-state index in [2.05, 4.69) is 31.1 Å². The molecular weight excluding hydrogens is 228 g/mol. The van der Waals surface area contributed by atoms with Crippen LogP contribution in [-0.2, 0) is 9.47 Å². The highest BCUT2D eigenvalue weighted by Crippen LogP contribution is 2.27. The zero-order valence-electron chi connectivity index (χ0n) is 12.1. The van der Waals surface area contributed by atoms with Gasteiger partial charge < -0.3 is 19.7 Å². The van der Waals surface area contributed by atoms with Crippen molar-refractivity contribution in [2.45, 2.75) is 50.9 Å². The summed E-state index contributed by atoms with van der Waals surface area (Å²) in [5.41, 5.74) is 0.0696. The van der Waals surface area contributed by atoms with E-state index in [1.807, 2.05) is 0 Å². The van der Waals surface area contributed by atoms with Crippen molar-refractivity contribution in [3.05, 3.63) is 0 Å². The highest BCUT2D eigenvalue weighted by atomic mass is 16.5. The van der Waals surface area contributed by atoms with Crippen LogP contribution in [0.3, 0.4) is 0 Å². The molecule has 0 aromatic rings. The van der Waals surface area contributed by atoms with Crippen LogP contribution in [0.25, 0.3) is 0 Å². The van der Waals surface area contributed by atoms with E-state index in [1.165, 1.54) is 0 Å². The molecule has 2 heterocycles. The molecule has 4 heteroatoms. The summed E-state index contributed by atoms with van der Waals surface area (Å²) in [6, 6.07) is 0.583. The lowest BCUT2D eigenvalue weighted by molar-refractivity contribution is -0.0810. The molecule has 0 aromatic carbocycles. The number of morpholine rings is 1. The molecule has 0 amide bonds. The molecule has 0 radical (unpaired) electrons. The zero-order valence-corrected chi connectivity index (χ0v) is 12.1. The molecule has 2 aliphatic rings. The van der Waals surface area contributed by atoms with E-state index in [9.17, 15) is 0 Å². The quantitative estimate of drug-likeness (QED) is 0.821. The van der Waals surface area contributed by atoms with Crippen molar-refractivity contribution in [1.29, 1.82) is 0 Å². The van der Waals surface area contributed by atoms with Gasteiger partial charge in [0.25, 0.3) is 0 Å². The fourth-order valence-corrected chi connectivity index (χ4v) is 2.84. The molecule has 3 unspecified atom stereocenters. The largest absolute Gasteiger partial charge is 0.375 e. The van der Waals surface area contributed by atoms with Crippen molar-refractivity contribution in [1.82, 2.24) is 10.2 Å². The molecule has 2 fully saturated rings. The van der Waals surface area contributed by atoms with E-state index in [4.69, 9.17) is 9.47 Å². The fraction of sp³-hybridized carbons (Fsp3) is 1.00. The lowest BCUT2D eigenvalue weighted by atomic mass is 9.90. The SMILES string of the molecule is CCC1(C)CC(NCC2CN(C)CCO2)CCO1. The predicted molar refractivity (Wildman–Crippen MR) is 72.9 cm³/mol. The average molecular weight is 256 g/mol. The van der Waals surface area contributed by atoms with Crippen molar-refractivity contribution in [2.75, 3.05) is 39.9 Å². The Balaban J connectivity index is 1.72. The summed E-state index contributed by atoms with van der Waals surface area (Å²) in [7, 11) is 2.16. The van der Waals surface area contributed by atoms with Crippen LogP contribution < -0.4 is 5.32 Å². The highest BCUT2D eigenvalue weighted by molar-refractivity contribution is 4.86. The maximum absolute atomic E-state index is 5.87. The van der Waals surface area contributed by atoms with Gasteiger partial charge in [-0.3, -0.25) is 0 Å². The first-order chi connectivity index (χ1) is 8.61. The second kappa shape index (κ2) is 6.33. The Morgan fingerprint density at radius 2 is 2.22 bits per heavy atom. The molecule has 3 atom stereocenters. The van der Waals surface area contributed by atoms with Crippen LogP contribution in [0.1, 0.15) is 33.1 Å². The summed E-state index contributed by atoms with van der Waals surface area (Å²) in [6.45, 7) is 9.25. The number of hydrogen-bond acceptors (Lipinski definition) is 4. The van der Waals surface area contributed by atoms with E-state index in [-0.39, 0.29) is 5.60 Å². The van der Waals surface area contributed by atoms with Crippen molar-refractivity contribution in [3.63, 3.8) is 0 Å². The van der Waals surface area contributed by atoms with E-state index in [1.54, 1.807) is 0 Å². The zero-order chi connectivity index (χ0) is 13.0. The average Bonchev–Trinajstić information content (AvgIpc) is 2.37. The molecule has 0 aliphatic carbocycles. The standard InChI is InChI=1S/C14H28N2O2/c1-4-14(2)9-12(5-7-18-14)15-10-13-11-16(3)6-8-17-13/h12-13,15H,4-11H2,1-3H3. The molecule has 2 rings (SSSR count). The van der Waals surface area contributed by atoms with Crippen LogP contribution in [0.5, 0.6) is 0 Å². The third-order valence-electron chi connectivity index (χ3n) is 4.32. The summed E-state index contributed by atoms with van der Waals surface area (Å²) in [5, 5.41) is 3.67. The lowest BCUT2D eigenvalue weighted by Gasteiger charge is -2.39. The van der Waals surface area contributed by atoms with Gasteiger partial charge >= 0.3 is 0 Å². The van der Waals surface area contributed by atoms with E-state index >= 15 is 0 Å². The summed E-state index contributed by atoms with van der Waals surface area (Å²) >= 11 is 0. The molecule has 1 N–H and O–H groups in total. The third kappa shape index (κ3) is 3.92. The molecule has 106 valence electrons. The van der Waals surface area contributed by atoms with Gasteiger partial charge in [0, 0.05) is 32.3 Å². The molecule has 0 bridgehead atoms.